The number of rotatable bonds is 5. The summed E-state index contributed by atoms with van der Waals surface area (Å²) in [5.41, 5.74) is 1.16. The molecule has 0 amide bonds. The van der Waals surface area contributed by atoms with Crippen LogP contribution in [-0.4, -0.2) is 9.36 Å². The molecule has 14 heavy (non-hydrogen) atoms. The molecule has 1 aromatic heterocycles. The van der Waals surface area contributed by atoms with Crippen LogP contribution < -0.4 is 5.56 Å². The Kier molecular flexibility index (Phi) is 3.98. The number of unbranched alkanes of at least 4 members (excludes halogenated alkanes) is 3. The average Bonchev–Trinajstić information content (AvgIpc) is 2.38. The minimum atomic E-state index is 0.126. The third-order valence-corrected chi connectivity index (χ3v) is 2.68. The summed E-state index contributed by atoms with van der Waals surface area (Å²) >= 11 is 0. The maximum absolute atomic E-state index is 11.5. The maximum Gasteiger partial charge on any atom is 0.266 e. The number of aromatic nitrogens is 2. The van der Waals surface area contributed by atoms with Gasteiger partial charge in [0.2, 0.25) is 0 Å². The Morgan fingerprint density at radius 1 is 1.29 bits per heavy atom. The zero-order valence-electron chi connectivity index (χ0n) is 9.42. The SMILES string of the molecule is CCCCCCn1c(=O)cc(C)n1C. The number of aryl methyl sites for hydroxylation is 1. The lowest BCUT2D eigenvalue weighted by Crippen LogP contribution is -2.21. The van der Waals surface area contributed by atoms with E-state index in [1.807, 2.05) is 23.3 Å². The van der Waals surface area contributed by atoms with Gasteiger partial charge in [-0.1, -0.05) is 26.2 Å². The van der Waals surface area contributed by atoms with Crippen molar-refractivity contribution in [1.29, 1.82) is 0 Å². The molecule has 0 atom stereocenters. The maximum atomic E-state index is 11.5. The predicted octanol–water partition coefficient (Wildman–Crippen LogP) is 2.08. The summed E-state index contributed by atoms with van der Waals surface area (Å²) in [7, 11) is 1.94. The highest BCUT2D eigenvalue weighted by molar-refractivity contribution is 4.98. The minimum Gasteiger partial charge on any atom is -0.290 e. The molecular weight excluding hydrogens is 176 g/mol. The smallest absolute Gasteiger partial charge is 0.266 e. The Bertz CT molecular complexity index is 336. The zero-order valence-corrected chi connectivity index (χ0v) is 9.42. The molecule has 0 N–H and O–H groups in total. The van der Waals surface area contributed by atoms with E-state index in [1.54, 1.807) is 6.07 Å². The second kappa shape index (κ2) is 5.03. The van der Waals surface area contributed by atoms with E-state index in [1.165, 1.54) is 19.3 Å². The lowest BCUT2D eigenvalue weighted by Gasteiger charge is -2.07. The summed E-state index contributed by atoms with van der Waals surface area (Å²) in [6.07, 6.45) is 4.82. The molecule has 0 radical (unpaired) electrons. The lowest BCUT2D eigenvalue weighted by molar-refractivity contribution is 0.457. The molecule has 0 saturated heterocycles. The second-order valence-corrected chi connectivity index (χ2v) is 3.83. The fourth-order valence-corrected chi connectivity index (χ4v) is 1.63. The van der Waals surface area contributed by atoms with Crippen LogP contribution in [0.5, 0.6) is 0 Å². The summed E-state index contributed by atoms with van der Waals surface area (Å²) in [5, 5.41) is 0. The van der Waals surface area contributed by atoms with Crippen molar-refractivity contribution in [3.05, 3.63) is 22.1 Å². The van der Waals surface area contributed by atoms with Crippen LogP contribution >= 0.6 is 0 Å². The Morgan fingerprint density at radius 2 is 2.00 bits per heavy atom. The molecule has 0 bridgehead atoms. The first-order chi connectivity index (χ1) is 6.66. The molecule has 3 heteroatoms. The summed E-state index contributed by atoms with van der Waals surface area (Å²) in [6.45, 7) is 5.01. The molecule has 80 valence electrons. The zero-order chi connectivity index (χ0) is 10.6. The highest BCUT2D eigenvalue weighted by atomic mass is 16.1. The normalized spacial score (nSPS) is 10.8. The van der Waals surface area contributed by atoms with Crippen molar-refractivity contribution in [2.75, 3.05) is 0 Å². The first kappa shape index (κ1) is 11.1. The van der Waals surface area contributed by atoms with Crippen LogP contribution in [0.15, 0.2) is 10.9 Å². The fraction of sp³-hybridized carbons (Fsp3) is 0.727. The average molecular weight is 196 g/mol. The van der Waals surface area contributed by atoms with Gasteiger partial charge < -0.3 is 0 Å². The van der Waals surface area contributed by atoms with E-state index in [2.05, 4.69) is 6.92 Å². The van der Waals surface area contributed by atoms with Gasteiger partial charge in [0, 0.05) is 25.4 Å². The van der Waals surface area contributed by atoms with E-state index in [4.69, 9.17) is 0 Å². The molecule has 0 unspecified atom stereocenters. The van der Waals surface area contributed by atoms with E-state index in [9.17, 15) is 4.79 Å². The molecule has 0 fully saturated rings. The molecule has 1 rings (SSSR count). The summed E-state index contributed by atoms with van der Waals surface area (Å²) in [4.78, 5) is 11.5. The molecule has 3 nitrogen and oxygen atoms in total. The Balaban J connectivity index is 2.54. The molecule has 0 aliphatic carbocycles. The van der Waals surface area contributed by atoms with Gasteiger partial charge >= 0.3 is 0 Å². The summed E-state index contributed by atoms with van der Waals surface area (Å²) in [5.74, 6) is 0. The Labute approximate surface area is 85.3 Å². The van der Waals surface area contributed by atoms with Crippen molar-refractivity contribution in [3.8, 4) is 0 Å². The van der Waals surface area contributed by atoms with E-state index in [0.717, 1.165) is 18.7 Å². The second-order valence-electron chi connectivity index (χ2n) is 3.83. The van der Waals surface area contributed by atoms with Crippen LogP contribution in [-0.2, 0) is 13.6 Å². The van der Waals surface area contributed by atoms with Gasteiger partial charge in [-0.25, -0.2) is 0 Å². The largest absolute Gasteiger partial charge is 0.290 e. The number of hydrogen-bond acceptors (Lipinski definition) is 1. The number of nitrogens with zero attached hydrogens (tertiary/aromatic N) is 2. The van der Waals surface area contributed by atoms with Gasteiger partial charge in [0.15, 0.2) is 0 Å². The third-order valence-electron chi connectivity index (χ3n) is 2.68. The van der Waals surface area contributed by atoms with Crippen LogP contribution in [0.4, 0.5) is 0 Å². The van der Waals surface area contributed by atoms with Crippen molar-refractivity contribution in [2.45, 2.75) is 46.1 Å². The third kappa shape index (κ3) is 2.50. The van der Waals surface area contributed by atoms with Crippen molar-refractivity contribution in [2.24, 2.45) is 7.05 Å². The van der Waals surface area contributed by atoms with Gasteiger partial charge in [-0.05, 0) is 13.3 Å². The van der Waals surface area contributed by atoms with Crippen LogP contribution in [0.25, 0.3) is 0 Å². The van der Waals surface area contributed by atoms with Crippen LogP contribution in [0, 0.1) is 6.92 Å². The summed E-state index contributed by atoms with van der Waals surface area (Å²) < 4.78 is 3.75. The molecular formula is C11H20N2O. The first-order valence-electron chi connectivity index (χ1n) is 5.40. The van der Waals surface area contributed by atoms with E-state index in [0.29, 0.717) is 0 Å². The van der Waals surface area contributed by atoms with Crippen LogP contribution in [0.2, 0.25) is 0 Å². The summed E-state index contributed by atoms with van der Waals surface area (Å²) in [6, 6.07) is 1.69. The van der Waals surface area contributed by atoms with Gasteiger partial charge in [-0.15, -0.1) is 0 Å². The molecule has 0 spiro atoms. The van der Waals surface area contributed by atoms with Crippen molar-refractivity contribution < 1.29 is 0 Å². The lowest BCUT2D eigenvalue weighted by atomic mass is 10.2. The van der Waals surface area contributed by atoms with Crippen molar-refractivity contribution in [3.63, 3.8) is 0 Å². The highest BCUT2D eigenvalue weighted by Crippen LogP contribution is 2.01. The van der Waals surface area contributed by atoms with Crippen molar-refractivity contribution in [1.82, 2.24) is 9.36 Å². The number of hydrogen-bond donors (Lipinski definition) is 0. The van der Waals surface area contributed by atoms with Gasteiger partial charge in [0.05, 0.1) is 0 Å². The Morgan fingerprint density at radius 3 is 2.50 bits per heavy atom. The fourth-order valence-electron chi connectivity index (χ4n) is 1.63. The first-order valence-corrected chi connectivity index (χ1v) is 5.40. The highest BCUT2D eigenvalue weighted by Gasteiger charge is 2.02. The topological polar surface area (TPSA) is 26.9 Å². The molecule has 0 aliphatic rings. The van der Waals surface area contributed by atoms with Gasteiger partial charge in [-0.3, -0.25) is 14.2 Å². The molecule has 1 aromatic rings. The van der Waals surface area contributed by atoms with E-state index < -0.39 is 0 Å². The van der Waals surface area contributed by atoms with Crippen LogP contribution in [0.3, 0.4) is 0 Å². The van der Waals surface area contributed by atoms with E-state index >= 15 is 0 Å². The molecule has 1 heterocycles. The molecule has 0 aromatic carbocycles. The van der Waals surface area contributed by atoms with Crippen molar-refractivity contribution >= 4 is 0 Å². The van der Waals surface area contributed by atoms with Gasteiger partial charge in [0.1, 0.15) is 0 Å². The molecule has 0 aliphatic heterocycles. The monoisotopic (exact) mass is 196 g/mol. The van der Waals surface area contributed by atoms with Gasteiger partial charge in [-0.2, -0.15) is 0 Å². The minimum absolute atomic E-state index is 0.126. The quantitative estimate of drug-likeness (QED) is 0.662. The predicted molar refractivity (Wildman–Crippen MR) is 58.6 cm³/mol. The van der Waals surface area contributed by atoms with Gasteiger partial charge in [0.25, 0.3) is 5.56 Å². The molecule has 0 saturated carbocycles. The van der Waals surface area contributed by atoms with E-state index in [-0.39, 0.29) is 5.56 Å². The Hall–Kier alpha value is -0.990. The van der Waals surface area contributed by atoms with Crippen LogP contribution in [0.1, 0.15) is 38.3 Å². The standard InChI is InChI=1S/C11H20N2O/c1-4-5-6-7-8-13-11(14)9-10(2)12(13)3/h9H,4-8H2,1-3H3.